The highest BCUT2D eigenvalue weighted by atomic mass is 32.1. The van der Waals surface area contributed by atoms with Gasteiger partial charge in [0.25, 0.3) is 0 Å². The van der Waals surface area contributed by atoms with Crippen LogP contribution in [0.15, 0.2) is 47.4 Å². The van der Waals surface area contributed by atoms with Crippen molar-refractivity contribution in [1.29, 1.82) is 0 Å². The van der Waals surface area contributed by atoms with E-state index in [4.69, 9.17) is 0 Å². The van der Waals surface area contributed by atoms with Crippen LogP contribution in [0.25, 0.3) is 0 Å². The molecule has 2 aromatic rings. The molecule has 2 rings (SSSR count). The number of benzene rings is 2. The fourth-order valence-electron chi connectivity index (χ4n) is 1.89. The largest absolute Gasteiger partial charge is 0.289 e. The Kier molecular flexibility index (Phi) is 3.34. The van der Waals surface area contributed by atoms with Crippen LogP contribution in [-0.4, -0.2) is 5.78 Å². The second-order valence-electron chi connectivity index (χ2n) is 4.25. The SMILES string of the molecule is Cc1cc(C)cc(C(=O)c2ccc(S)cc2)c1. The predicted octanol–water partition coefficient (Wildman–Crippen LogP) is 3.82. The predicted molar refractivity (Wildman–Crippen MR) is 73.0 cm³/mol. The van der Waals surface area contributed by atoms with Crippen LogP contribution in [0.3, 0.4) is 0 Å². The van der Waals surface area contributed by atoms with Gasteiger partial charge in [-0.05, 0) is 50.2 Å². The number of thiol groups is 1. The third-order valence-electron chi connectivity index (χ3n) is 2.61. The molecule has 0 amide bonds. The van der Waals surface area contributed by atoms with Gasteiger partial charge in [-0.1, -0.05) is 17.2 Å². The zero-order chi connectivity index (χ0) is 12.4. The average Bonchev–Trinajstić information content (AvgIpc) is 2.28. The summed E-state index contributed by atoms with van der Waals surface area (Å²) >= 11 is 4.21. The summed E-state index contributed by atoms with van der Waals surface area (Å²) < 4.78 is 0. The Labute approximate surface area is 107 Å². The molecule has 0 radical (unpaired) electrons. The Hall–Kier alpha value is -1.54. The lowest BCUT2D eigenvalue weighted by Gasteiger charge is -2.04. The molecular weight excluding hydrogens is 228 g/mol. The van der Waals surface area contributed by atoms with Gasteiger partial charge in [0.2, 0.25) is 0 Å². The first-order chi connectivity index (χ1) is 8.06. The first-order valence-corrected chi connectivity index (χ1v) is 5.93. The summed E-state index contributed by atoms with van der Waals surface area (Å²) in [5.41, 5.74) is 3.67. The minimum atomic E-state index is 0.0603. The summed E-state index contributed by atoms with van der Waals surface area (Å²) in [6, 6.07) is 13.2. The van der Waals surface area contributed by atoms with Crippen LogP contribution in [0.5, 0.6) is 0 Å². The molecule has 17 heavy (non-hydrogen) atoms. The van der Waals surface area contributed by atoms with E-state index in [1.807, 2.05) is 50.2 Å². The zero-order valence-electron chi connectivity index (χ0n) is 9.90. The third-order valence-corrected chi connectivity index (χ3v) is 2.91. The molecule has 0 atom stereocenters. The van der Waals surface area contributed by atoms with Crippen LogP contribution in [0.2, 0.25) is 0 Å². The summed E-state index contributed by atoms with van der Waals surface area (Å²) in [5, 5.41) is 0. The molecule has 0 aliphatic carbocycles. The highest BCUT2D eigenvalue weighted by Crippen LogP contribution is 2.15. The van der Waals surface area contributed by atoms with Crippen molar-refractivity contribution < 1.29 is 4.79 Å². The molecule has 0 spiro atoms. The summed E-state index contributed by atoms with van der Waals surface area (Å²) in [7, 11) is 0. The van der Waals surface area contributed by atoms with E-state index < -0.39 is 0 Å². The molecule has 2 aromatic carbocycles. The lowest BCUT2D eigenvalue weighted by Crippen LogP contribution is -2.01. The van der Waals surface area contributed by atoms with E-state index in [1.54, 1.807) is 0 Å². The number of rotatable bonds is 2. The van der Waals surface area contributed by atoms with Gasteiger partial charge < -0.3 is 0 Å². The van der Waals surface area contributed by atoms with Crippen LogP contribution < -0.4 is 0 Å². The molecule has 0 heterocycles. The molecule has 0 fully saturated rings. The molecule has 0 N–H and O–H groups in total. The van der Waals surface area contributed by atoms with Gasteiger partial charge in [-0.25, -0.2) is 0 Å². The van der Waals surface area contributed by atoms with Gasteiger partial charge in [0, 0.05) is 16.0 Å². The second kappa shape index (κ2) is 4.76. The van der Waals surface area contributed by atoms with Crippen molar-refractivity contribution in [2.75, 3.05) is 0 Å². The summed E-state index contributed by atoms with van der Waals surface area (Å²) in [5.74, 6) is 0.0603. The fourth-order valence-corrected chi connectivity index (χ4v) is 2.03. The minimum absolute atomic E-state index is 0.0603. The Balaban J connectivity index is 2.40. The molecule has 0 aliphatic heterocycles. The summed E-state index contributed by atoms with van der Waals surface area (Å²) in [4.78, 5) is 13.1. The Morgan fingerprint density at radius 2 is 1.41 bits per heavy atom. The highest BCUT2D eigenvalue weighted by Gasteiger charge is 2.09. The van der Waals surface area contributed by atoms with Gasteiger partial charge in [0.05, 0.1) is 0 Å². The third kappa shape index (κ3) is 2.77. The maximum absolute atomic E-state index is 12.2. The molecule has 0 bridgehead atoms. The normalized spacial score (nSPS) is 10.3. The quantitative estimate of drug-likeness (QED) is 0.625. The van der Waals surface area contributed by atoms with Crippen molar-refractivity contribution in [3.8, 4) is 0 Å². The van der Waals surface area contributed by atoms with E-state index >= 15 is 0 Å². The van der Waals surface area contributed by atoms with Crippen LogP contribution in [0.1, 0.15) is 27.0 Å². The molecule has 0 aliphatic rings. The van der Waals surface area contributed by atoms with Crippen LogP contribution in [-0.2, 0) is 0 Å². The molecule has 86 valence electrons. The van der Waals surface area contributed by atoms with E-state index in [0.717, 1.165) is 21.6 Å². The first kappa shape index (κ1) is 11.9. The van der Waals surface area contributed by atoms with Gasteiger partial charge in [-0.2, -0.15) is 0 Å². The Bertz CT molecular complexity index is 535. The average molecular weight is 242 g/mol. The van der Waals surface area contributed by atoms with E-state index in [9.17, 15) is 4.79 Å². The molecule has 0 saturated heterocycles. The number of ketones is 1. The van der Waals surface area contributed by atoms with Crippen molar-refractivity contribution in [1.82, 2.24) is 0 Å². The standard InChI is InChI=1S/C15H14OS/c1-10-7-11(2)9-13(8-10)15(16)12-3-5-14(17)6-4-12/h3-9,17H,1-2H3. The lowest BCUT2D eigenvalue weighted by atomic mass is 9.99. The maximum Gasteiger partial charge on any atom is 0.193 e. The summed E-state index contributed by atoms with van der Waals surface area (Å²) in [6.07, 6.45) is 0. The molecule has 0 unspecified atom stereocenters. The smallest absolute Gasteiger partial charge is 0.193 e. The van der Waals surface area contributed by atoms with E-state index in [0.29, 0.717) is 5.56 Å². The van der Waals surface area contributed by atoms with Crippen molar-refractivity contribution in [3.63, 3.8) is 0 Å². The van der Waals surface area contributed by atoms with Crippen molar-refractivity contribution >= 4 is 18.4 Å². The van der Waals surface area contributed by atoms with Crippen molar-refractivity contribution in [2.45, 2.75) is 18.7 Å². The van der Waals surface area contributed by atoms with Crippen molar-refractivity contribution in [2.24, 2.45) is 0 Å². The number of aryl methyl sites for hydroxylation is 2. The first-order valence-electron chi connectivity index (χ1n) is 5.48. The van der Waals surface area contributed by atoms with Gasteiger partial charge in [-0.3, -0.25) is 4.79 Å². The van der Waals surface area contributed by atoms with Crippen LogP contribution in [0, 0.1) is 13.8 Å². The number of carbonyl (C=O) groups excluding carboxylic acids is 1. The summed E-state index contributed by atoms with van der Waals surface area (Å²) in [6.45, 7) is 4.00. The zero-order valence-corrected chi connectivity index (χ0v) is 10.8. The van der Waals surface area contributed by atoms with Gasteiger partial charge in [0.15, 0.2) is 5.78 Å². The van der Waals surface area contributed by atoms with Crippen molar-refractivity contribution in [3.05, 3.63) is 64.7 Å². The molecule has 2 heteroatoms. The lowest BCUT2D eigenvalue weighted by molar-refractivity contribution is 0.103. The van der Waals surface area contributed by atoms with Gasteiger partial charge in [-0.15, -0.1) is 12.6 Å². The monoisotopic (exact) mass is 242 g/mol. The number of carbonyl (C=O) groups is 1. The highest BCUT2D eigenvalue weighted by molar-refractivity contribution is 7.80. The Morgan fingerprint density at radius 3 is 1.94 bits per heavy atom. The van der Waals surface area contributed by atoms with Crippen LogP contribution >= 0.6 is 12.6 Å². The molecular formula is C15H14OS. The minimum Gasteiger partial charge on any atom is -0.289 e. The molecule has 1 nitrogen and oxygen atoms in total. The fraction of sp³-hybridized carbons (Fsp3) is 0.133. The second-order valence-corrected chi connectivity index (χ2v) is 4.77. The number of hydrogen-bond donors (Lipinski definition) is 1. The number of hydrogen-bond acceptors (Lipinski definition) is 2. The van der Waals surface area contributed by atoms with E-state index in [1.165, 1.54) is 0 Å². The van der Waals surface area contributed by atoms with Gasteiger partial charge >= 0.3 is 0 Å². The van der Waals surface area contributed by atoms with Crippen LogP contribution in [0.4, 0.5) is 0 Å². The molecule has 0 saturated carbocycles. The topological polar surface area (TPSA) is 17.1 Å². The van der Waals surface area contributed by atoms with E-state index in [2.05, 4.69) is 18.7 Å². The van der Waals surface area contributed by atoms with E-state index in [-0.39, 0.29) is 5.78 Å². The van der Waals surface area contributed by atoms with Gasteiger partial charge in [0.1, 0.15) is 0 Å². The maximum atomic E-state index is 12.2. The Morgan fingerprint density at radius 1 is 0.882 bits per heavy atom. The molecule has 0 aromatic heterocycles.